The summed E-state index contributed by atoms with van der Waals surface area (Å²) in [6, 6.07) is 1.86. The maximum absolute atomic E-state index is 9.69. The van der Waals surface area contributed by atoms with Gasteiger partial charge >= 0.3 is 0 Å². The molecular formula is C11H14O2. The van der Waals surface area contributed by atoms with E-state index >= 15 is 0 Å². The van der Waals surface area contributed by atoms with Crippen LogP contribution in [0.5, 0.6) is 0 Å². The minimum Gasteiger partial charge on any atom is -0.466 e. The van der Waals surface area contributed by atoms with Gasteiger partial charge in [-0.2, -0.15) is 0 Å². The van der Waals surface area contributed by atoms with E-state index in [4.69, 9.17) is 10.8 Å². The van der Waals surface area contributed by atoms with Crippen molar-refractivity contribution in [1.82, 2.24) is 0 Å². The van der Waals surface area contributed by atoms with Crippen LogP contribution in [0.3, 0.4) is 0 Å². The summed E-state index contributed by atoms with van der Waals surface area (Å²) in [6.45, 7) is 3.71. The van der Waals surface area contributed by atoms with Crippen molar-refractivity contribution in [2.75, 3.05) is 0 Å². The zero-order chi connectivity index (χ0) is 9.84. The maximum Gasteiger partial charge on any atom is 0.106 e. The summed E-state index contributed by atoms with van der Waals surface area (Å²) in [5, 5.41) is 9.69. The molecule has 0 radical (unpaired) electrons. The molecule has 13 heavy (non-hydrogen) atoms. The molecule has 0 aromatic carbocycles. The summed E-state index contributed by atoms with van der Waals surface area (Å²) in [7, 11) is 0. The molecule has 2 heteroatoms. The Morgan fingerprint density at radius 2 is 2.31 bits per heavy atom. The number of rotatable bonds is 3. The first-order valence-electron chi connectivity index (χ1n) is 4.33. The molecule has 1 atom stereocenters. The SMILES string of the molecule is C#CCCC(O)c1cc(C)oc1C. The number of aliphatic hydroxyl groups excluding tert-OH is 1. The smallest absolute Gasteiger partial charge is 0.106 e. The lowest BCUT2D eigenvalue weighted by atomic mass is 10.1. The van der Waals surface area contributed by atoms with E-state index in [9.17, 15) is 5.11 Å². The number of aryl methyl sites for hydroxylation is 2. The van der Waals surface area contributed by atoms with Crippen LogP contribution in [0, 0.1) is 26.2 Å². The van der Waals surface area contributed by atoms with Crippen LogP contribution in [-0.4, -0.2) is 5.11 Å². The van der Waals surface area contributed by atoms with Crippen LogP contribution in [0.4, 0.5) is 0 Å². The molecule has 0 bridgehead atoms. The Labute approximate surface area is 78.6 Å². The molecular weight excluding hydrogens is 164 g/mol. The van der Waals surface area contributed by atoms with Crippen molar-refractivity contribution in [3.05, 3.63) is 23.2 Å². The molecule has 2 nitrogen and oxygen atoms in total. The van der Waals surface area contributed by atoms with Crippen LogP contribution in [0.25, 0.3) is 0 Å². The minimum absolute atomic E-state index is 0.492. The molecule has 0 fully saturated rings. The predicted molar refractivity (Wildman–Crippen MR) is 51.2 cm³/mol. The van der Waals surface area contributed by atoms with Gasteiger partial charge in [-0.05, 0) is 26.3 Å². The van der Waals surface area contributed by atoms with Crippen LogP contribution in [0.2, 0.25) is 0 Å². The molecule has 0 saturated carbocycles. The second kappa shape index (κ2) is 4.15. The standard InChI is InChI=1S/C11H14O2/c1-4-5-6-11(12)10-7-8(2)13-9(10)3/h1,7,11-12H,5-6H2,2-3H3. The van der Waals surface area contributed by atoms with E-state index in [-0.39, 0.29) is 0 Å². The van der Waals surface area contributed by atoms with E-state index in [1.54, 1.807) is 0 Å². The molecule has 0 aliphatic carbocycles. The van der Waals surface area contributed by atoms with E-state index in [2.05, 4.69) is 5.92 Å². The third-order valence-electron chi connectivity index (χ3n) is 2.00. The van der Waals surface area contributed by atoms with Gasteiger partial charge in [-0.15, -0.1) is 12.3 Å². The molecule has 1 aromatic heterocycles. The number of furan rings is 1. The van der Waals surface area contributed by atoms with Crippen LogP contribution in [-0.2, 0) is 0 Å². The highest BCUT2D eigenvalue weighted by Crippen LogP contribution is 2.24. The molecule has 1 heterocycles. The maximum atomic E-state index is 9.69. The molecule has 0 aliphatic heterocycles. The van der Waals surface area contributed by atoms with Crippen molar-refractivity contribution >= 4 is 0 Å². The summed E-state index contributed by atoms with van der Waals surface area (Å²) in [4.78, 5) is 0. The van der Waals surface area contributed by atoms with Gasteiger partial charge in [-0.25, -0.2) is 0 Å². The monoisotopic (exact) mass is 178 g/mol. The minimum atomic E-state index is -0.492. The van der Waals surface area contributed by atoms with Gasteiger partial charge in [0.2, 0.25) is 0 Å². The Balaban J connectivity index is 2.71. The second-order valence-electron chi connectivity index (χ2n) is 3.13. The van der Waals surface area contributed by atoms with Crippen LogP contribution < -0.4 is 0 Å². The zero-order valence-corrected chi connectivity index (χ0v) is 8.00. The van der Waals surface area contributed by atoms with Gasteiger partial charge in [0, 0.05) is 12.0 Å². The summed E-state index contributed by atoms with van der Waals surface area (Å²) in [6.07, 6.45) is 5.80. The first kappa shape index (κ1) is 9.88. The van der Waals surface area contributed by atoms with E-state index in [0.29, 0.717) is 12.8 Å². The third kappa shape index (κ3) is 2.37. The van der Waals surface area contributed by atoms with Crippen molar-refractivity contribution in [2.24, 2.45) is 0 Å². The Bertz CT molecular complexity index is 317. The van der Waals surface area contributed by atoms with Gasteiger partial charge in [-0.3, -0.25) is 0 Å². The van der Waals surface area contributed by atoms with Crippen molar-refractivity contribution < 1.29 is 9.52 Å². The topological polar surface area (TPSA) is 33.4 Å². The van der Waals surface area contributed by atoms with Crippen molar-refractivity contribution in [3.63, 3.8) is 0 Å². The highest BCUT2D eigenvalue weighted by Gasteiger charge is 2.13. The average Bonchev–Trinajstić information content (AvgIpc) is 2.41. The fourth-order valence-electron chi connectivity index (χ4n) is 1.36. The van der Waals surface area contributed by atoms with Gasteiger partial charge in [-0.1, -0.05) is 0 Å². The van der Waals surface area contributed by atoms with Gasteiger partial charge in [0.15, 0.2) is 0 Å². The van der Waals surface area contributed by atoms with Gasteiger partial charge in [0.25, 0.3) is 0 Å². The molecule has 1 N–H and O–H groups in total. The lowest BCUT2D eigenvalue weighted by Gasteiger charge is -2.06. The van der Waals surface area contributed by atoms with E-state index < -0.39 is 6.10 Å². The normalized spacial score (nSPS) is 12.5. The van der Waals surface area contributed by atoms with Crippen LogP contribution >= 0.6 is 0 Å². The molecule has 1 unspecified atom stereocenters. The molecule has 70 valence electrons. The van der Waals surface area contributed by atoms with Crippen molar-refractivity contribution in [3.8, 4) is 12.3 Å². The number of hydrogen-bond donors (Lipinski definition) is 1. The third-order valence-corrected chi connectivity index (χ3v) is 2.00. The highest BCUT2D eigenvalue weighted by atomic mass is 16.3. The molecule has 0 spiro atoms. The predicted octanol–water partition coefficient (Wildman–Crippen LogP) is 2.34. The molecule has 1 aromatic rings. The number of terminal acetylenes is 1. The van der Waals surface area contributed by atoms with Crippen LogP contribution in [0.1, 0.15) is 36.0 Å². The summed E-state index contributed by atoms with van der Waals surface area (Å²) in [5.74, 6) is 4.11. The lowest BCUT2D eigenvalue weighted by molar-refractivity contribution is 0.167. The number of hydrogen-bond acceptors (Lipinski definition) is 2. The summed E-state index contributed by atoms with van der Waals surface area (Å²) in [5.41, 5.74) is 0.854. The molecule has 1 rings (SSSR count). The summed E-state index contributed by atoms with van der Waals surface area (Å²) < 4.78 is 5.30. The average molecular weight is 178 g/mol. The van der Waals surface area contributed by atoms with E-state index in [0.717, 1.165) is 17.1 Å². The van der Waals surface area contributed by atoms with E-state index in [1.807, 2.05) is 19.9 Å². The van der Waals surface area contributed by atoms with Crippen molar-refractivity contribution in [1.29, 1.82) is 0 Å². The molecule has 0 saturated heterocycles. The largest absolute Gasteiger partial charge is 0.466 e. The van der Waals surface area contributed by atoms with Gasteiger partial charge in [0.1, 0.15) is 11.5 Å². The zero-order valence-electron chi connectivity index (χ0n) is 8.00. The first-order chi connectivity index (χ1) is 6.15. The Kier molecular flexibility index (Phi) is 3.16. The second-order valence-corrected chi connectivity index (χ2v) is 3.13. The number of aliphatic hydroxyl groups is 1. The van der Waals surface area contributed by atoms with E-state index in [1.165, 1.54) is 0 Å². The fourth-order valence-corrected chi connectivity index (χ4v) is 1.36. The highest BCUT2D eigenvalue weighted by molar-refractivity contribution is 5.22. The fraction of sp³-hybridized carbons (Fsp3) is 0.455. The Morgan fingerprint density at radius 1 is 1.62 bits per heavy atom. The molecule has 0 amide bonds. The summed E-state index contributed by atoms with van der Waals surface area (Å²) >= 11 is 0. The molecule has 0 aliphatic rings. The Morgan fingerprint density at radius 3 is 2.77 bits per heavy atom. The first-order valence-corrected chi connectivity index (χ1v) is 4.33. The quantitative estimate of drug-likeness (QED) is 0.721. The lowest BCUT2D eigenvalue weighted by Crippen LogP contribution is -1.96. The van der Waals surface area contributed by atoms with Gasteiger partial charge in [0.05, 0.1) is 6.10 Å². The van der Waals surface area contributed by atoms with Crippen LogP contribution in [0.15, 0.2) is 10.5 Å². The Hall–Kier alpha value is -1.20. The van der Waals surface area contributed by atoms with Crippen molar-refractivity contribution in [2.45, 2.75) is 32.8 Å². The van der Waals surface area contributed by atoms with Gasteiger partial charge < -0.3 is 9.52 Å².